The first-order valence-electron chi connectivity index (χ1n) is 8.15. The highest BCUT2D eigenvalue weighted by Gasteiger charge is 2.36. The lowest BCUT2D eigenvalue weighted by atomic mass is 9.63. The molecular formula is C17H26. The summed E-state index contributed by atoms with van der Waals surface area (Å²) in [5, 5.41) is 0. The molecule has 0 aromatic heterocycles. The van der Waals surface area contributed by atoms with Crippen LogP contribution in [0.25, 0.3) is 0 Å². The van der Waals surface area contributed by atoms with Crippen LogP contribution in [0.5, 0.6) is 0 Å². The molecule has 2 rings (SSSR count). The Labute approximate surface area is 111 Å². The molecule has 0 saturated carbocycles. The third-order valence-corrected chi connectivity index (χ3v) is 4.14. The van der Waals surface area contributed by atoms with Gasteiger partial charge >= 0.3 is 0 Å². The number of hydrogen-bond acceptors (Lipinski definition) is 0. The van der Waals surface area contributed by atoms with Gasteiger partial charge in [-0.05, 0) is 46.3 Å². The number of fused-ring (bicyclic) bond motifs is 1. The predicted octanol–water partition coefficient (Wildman–Crippen LogP) is 5.16. The van der Waals surface area contributed by atoms with E-state index in [1.165, 1.54) is 0 Å². The van der Waals surface area contributed by atoms with E-state index in [0.717, 1.165) is 29.5 Å². The summed E-state index contributed by atoms with van der Waals surface area (Å²) in [4.78, 5) is 0. The molecule has 0 nitrogen and oxygen atoms in total. The molecule has 1 aliphatic carbocycles. The van der Waals surface area contributed by atoms with Gasteiger partial charge in [-0.3, -0.25) is 0 Å². The summed E-state index contributed by atoms with van der Waals surface area (Å²) in [5.74, 6) is 0.116. The fourth-order valence-corrected chi connectivity index (χ4v) is 2.60. The Balaban J connectivity index is 2.93. The number of hydrogen-bond donors (Lipinski definition) is 0. The van der Waals surface area contributed by atoms with Crippen LogP contribution in [-0.4, -0.2) is 0 Å². The molecule has 0 spiro atoms. The summed E-state index contributed by atoms with van der Waals surface area (Å²) in [5.41, 5.74) is 2.50. The molecule has 1 aliphatic rings. The Hall–Kier alpha value is -0.780. The van der Waals surface area contributed by atoms with E-state index in [0.29, 0.717) is 12.1 Å². The second kappa shape index (κ2) is 3.86. The molecule has 0 atom stereocenters. The van der Waals surface area contributed by atoms with E-state index >= 15 is 0 Å². The lowest BCUT2D eigenvalue weighted by Gasteiger charge is -2.42. The van der Waals surface area contributed by atoms with Crippen molar-refractivity contribution in [1.82, 2.24) is 0 Å². The summed E-state index contributed by atoms with van der Waals surface area (Å²) in [6.45, 7) is 12.7. The van der Waals surface area contributed by atoms with Gasteiger partial charge in [0.25, 0.3) is 0 Å². The van der Waals surface area contributed by atoms with Gasteiger partial charge in [-0.15, -0.1) is 0 Å². The summed E-state index contributed by atoms with van der Waals surface area (Å²) in [6, 6.07) is 1.11. The third-order valence-electron chi connectivity index (χ3n) is 4.14. The minimum absolute atomic E-state index is 0.0743. The summed E-state index contributed by atoms with van der Waals surface area (Å²) in [6.07, 6.45) is 2.05. The zero-order valence-corrected chi connectivity index (χ0v) is 12.0. The molecule has 0 unspecified atom stereocenters. The maximum absolute atomic E-state index is 8.62. The van der Waals surface area contributed by atoms with Crippen molar-refractivity contribution in [1.29, 1.82) is 0 Å². The molecular weight excluding hydrogens is 204 g/mol. The molecule has 0 fully saturated rings. The second-order valence-electron chi connectivity index (χ2n) is 6.96. The Kier molecular flexibility index (Phi) is 2.09. The van der Waals surface area contributed by atoms with Crippen molar-refractivity contribution in [3.8, 4) is 0 Å². The van der Waals surface area contributed by atoms with Crippen LogP contribution in [0.4, 0.5) is 0 Å². The molecule has 1 aromatic carbocycles. The lowest BCUT2D eigenvalue weighted by Crippen LogP contribution is -2.33. The molecule has 17 heavy (non-hydrogen) atoms. The fourth-order valence-electron chi connectivity index (χ4n) is 2.60. The van der Waals surface area contributed by atoms with Gasteiger partial charge in [-0.1, -0.05) is 59.7 Å². The van der Waals surface area contributed by atoms with Gasteiger partial charge in [-0.2, -0.15) is 0 Å². The van der Waals surface area contributed by atoms with Crippen molar-refractivity contribution in [3.63, 3.8) is 0 Å². The normalized spacial score (nSPS) is 23.8. The number of benzene rings is 1. The molecule has 0 heteroatoms. The zero-order chi connectivity index (χ0) is 15.5. The maximum Gasteiger partial charge on any atom is 0.0629 e. The fraction of sp³-hybridized carbons (Fsp3) is 0.647. The molecule has 0 amide bonds. The minimum atomic E-state index is -0.108. The first kappa shape index (κ1) is 9.19. The smallest absolute Gasteiger partial charge is 0.0587 e. The van der Waals surface area contributed by atoms with Crippen LogP contribution in [0.2, 0.25) is 0 Å². The van der Waals surface area contributed by atoms with Gasteiger partial charge in [0, 0.05) is 0 Å². The molecule has 0 aliphatic heterocycles. The summed E-state index contributed by atoms with van der Waals surface area (Å²) < 4.78 is 25.4. The third kappa shape index (κ3) is 2.14. The Morgan fingerprint density at radius 3 is 2.06 bits per heavy atom. The minimum Gasteiger partial charge on any atom is -0.0587 e. The molecule has 0 saturated heterocycles. The highest BCUT2D eigenvalue weighted by molar-refractivity contribution is 5.44. The van der Waals surface area contributed by atoms with Crippen molar-refractivity contribution in [2.45, 2.75) is 71.1 Å². The van der Waals surface area contributed by atoms with Crippen LogP contribution >= 0.6 is 0 Å². The average molecular weight is 233 g/mol. The van der Waals surface area contributed by atoms with Crippen molar-refractivity contribution in [2.75, 3.05) is 0 Å². The van der Waals surface area contributed by atoms with E-state index < -0.39 is 0 Å². The topological polar surface area (TPSA) is 0 Å². The van der Waals surface area contributed by atoms with Gasteiger partial charge in [0.15, 0.2) is 0 Å². The SMILES string of the molecule is [2H]c1c([2H])c2c(c([2H])c1C(C)C)C(C)(C)CCC2(C)C. The van der Waals surface area contributed by atoms with Crippen LogP contribution in [0.15, 0.2) is 18.1 Å². The van der Waals surface area contributed by atoms with Gasteiger partial charge in [0.2, 0.25) is 0 Å². The average Bonchev–Trinajstić information content (AvgIpc) is 2.29. The monoisotopic (exact) mass is 233 g/mol. The molecule has 0 N–H and O–H groups in total. The Morgan fingerprint density at radius 2 is 1.53 bits per heavy atom. The first-order chi connectivity index (χ1) is 9.00. The Morgan fingerprint density at radius 1 is 1.00 bits per heavy atom. The molecule has 94 valence electrons. The van der Waals surface area contributed by atoms with E-state index in [1.54, 1.807) is 0 Å². The highest BCUT2D eigenvalue weighted by atomic mass is 14.4. The Bertz CT molecular complexity index is 554. The quantitative estimate of drug-likeness (QED) is 0.628. The lowest BCUT2D eigenvalue weighted by molar-refractivity contribution is 0.331. The molecule has 1 aromatic rings. The van der Waals surface area contributed by atoms with E-state index in [-0.39, 0.29) is 22.8 Å². The zero-order valence-electron chi connectivity index (χ0n) is 15.0. The van der Waals surface area contributed by atoms with Gasteiger partial charge in [-0.25, -0.2) is 0 Å². The van der Waals surface area contributed by atoms with Crippen molar-refractivity contribution < 1.29 is 4.11 Å². The van der Waals surface area contributed by atoms with Crippen LogP contribution in [-0.2, 0) is 10.8 Å². The largest absolute Gasteiger partial charge is 0.0629 e. The second-order valence-corrected chi connectivity index (χ2v) is 6.96. The van der Waals surface area contributed by atoms with Crippen molar-refractivity contribution in [2.24, 2.45) is 0 Å². The van der Waals surface area contributed by atoms with Crippen molar-refractivity contribution >= 4 is 0 Å². The van der Waals surface area contributed by atoms with E-state index in [4.69, 9.17) is 4.11 Å². The standard InChI is InChI=1S/C17H26/c1-12(2)13-7-8-14-15(11-13)17(5,6)10-9-16(14,3)4/h7-8,11-12H,9-10H2,1-6H3/i7D,8D,11D. The van der Waals surface area contributed by atoms with Crippen LogP contribution in [0.3, 0.4) is 0 Å². The summed E-state index contributed by atoms with van der Waals surface area (Å²) in [7, 11) is 0. The van der Waals surface area contributed by atoms with E-state index in [1.807, 2.05) is 13.8 Å². The summed E-state index contributed by atoms with van der Waals surface area (Å²) >= 11 is 0. The van der Waals surface area contributed by atoms with Crippen molar-refractivity contribution in [3.05, 3.63) is 34.8 Å². The number of rotatable bonds is 1. The van der Waals surface area contributed by atoms with Crippen LogP contribution < -0.4 is 0 Å². The molecule has 0 radical (unpaired) electrons. The van der Waals surface area contributed by atoms with E-state index in [9.17, 15) is 0 Å². The van der Waals surface area contributed by atoms with Gasteiger partial charge in [0.05, 0.1) is 4.11 Å². The van der Waals surface area contributed by atoms with E-state index in [2.05, 4.69) is 27.7 Å². The van der Waals surface area contributed by atoms with Crippen LogP contribution in [0, 0.1) is 0 Å². The van der Waals surface area contributed by atoms with Gasteiger partial charge in [0.1, 0.15) is 0 Å². The molecule has 0 heterocycles. The molecule has 0 bridgehead atoms. The first-order valence-corrected chi connectivity index (χ1v) is 6.65. The predicted molar refractivity (Wildman–Crippen MR) is 75.8 cm³/mol. The van der Waals surface area contributed by atoms with Crippen LogP contribution in [0.1, 0.15) is 81.1 Å². The van der Waals surface area contributed by atoms with Gasteiger partial charge < -0.3 is 0 Å². The maximum atomic E-state index is 8.62. The highest BCUT2D eigenvalue weighted by Crippen LogP contribution is 2.46.